The van der Waals surface area contributed by atoms with Gasteiger partial charge in [-0.25, -0.2) is 8.42 Å². The zero-order valence-electron chi connectivity index (χ0n) is 20.2. The number of nitrogens with one attached hydrogen (secondary N) is 1. The fourth-order valence-electron chi connectivity index (χ4n) is 4.09. The van der Waals surface area contributed by atoms with Gasteiger partial charge >= 0.3 is 0 Å². The van der Waals surface area contributed by atoms with Crippen LogP contribution in [0.15, 0.2) is 53.4 Å². The summed E-state index contributed by atoms with van der Waals surface area (Å²) in [4.78, 5) is 12.8. The first-order chi connectivity index (χ1) is 16.8. The van der Waals surface area contributed by atoms with Crippen molar-refractivity contribution in [3.63, 3.8) is 0 Å². The molecule has 186 valence electrons. The molecule has 0 spiro atoms. The molecule has 0 unspecified atom stereocenters. The van der Waals surface area contributed by atoms with Crippen LogP contribution in [0.3, 0.4) is 0 Å². The molecule has 4 rings (SSSR count). The van der Waals surface area contributed by atoms with E-state index in [9.17, 15) is 13.2 Å². The van der Waals surface area contributed by atoms with E-state index < -0.39 is 10.0 Å². The number of morpholine rings is 1. The van der Waals surface area contributed by atoms with Crippen LogP contribution in [0, 0.1) is 13.8 Å². The molecule has 1 N–H and O–H groups in total. The van der Waals surface area contributed by atoms with Gasteiger partial charge in [0.25, 0.3) is 5.91 Å². The van der Waals surface area contributed by atoms with Gasteiger partial charge in [-0.15, -0.1) is 0 Å². The van der Waals surface area contributed by atoms with Crippen LogP contribution < -0.4 is 10.1 Å². The van der Waals surface area contributed by atoms with Gasteiger partial charge in [0, 0.05) is 25.2 Å². The quantitative estimate of drug-likeness (QED) is 0.512. The fourth-order valence-corrected chi connectivity index (χ4v) is 5.87. The first kappa shape index (κ1) is 24.9. The Bertz CT molecular complexity index is 1280. The van der Waals surface area contributed by atoms with E-state index in [1.54, 1.807) is 37.8 Å². The van der Waals surface area contributed by atoms with Gasteiger partial charge in [-0.1, -0.05) is 24.3 Å². The Hall–Kier alpha value is -3.21. The second kappa shape index (κ2) is 10.6. The Labute approximate surface area is 205 Å². The van der Waals surface area contributed by atoms with Crippen LogP contribution >= 0.6 is 0 Å². The Balaban J connectivity index is 1.42. The molecule has 35 heavy (non-hydrogen) atoms. The molecule has 2 heterocycles. The molecule has 3 aromatic rings. The topological polar surface area (TPSA) is 103 Å². The molecule has 1 aliphatic heterocycles. The third kappa shape index (κ3) is 5.55. The number of aryl methyl sites for hydroxylation is 1. The number of hydrogen-bond donors (Lipinski definition) is 1. The van der Waals surface area contributed by atoms with E-state index in [0.717, 1.165) is 16.9 Å². The summed E-state index contributed by atoms with van der Waals surface area (Å²) in [5, 5.41) is 7.40. The molecule has 0 aliphatic carbocycles. The molecule has 2 aromatic carbocycles. The second-order valence-corrected chi connectivity index (χ2v) is 10.3. The number of amides is 1. The SMILES string of the molecule is COc1ccc(CNC(=O)c2ccc(Cn3nc(C)c(S(=O)(=O)N4CCOCC4)c3C)cc2)cc1. The van der Waals surface area contributed by atoms with Crippen molar-refractivity contribution in [3.05, 3.63) is 76.6 Å². The van der Waals surface area contributed by atoms with Crippen LogP contribution in [0.4, 0.5) is 0 Å². The molecular formula is C25H30N4O5S. The molecule has 1 fully saturated rings. The maximum Gasteiger partial charge on any atom is 0.251 e. The average Bonchev–Trinajstić information content (AvgIpc) is 3.16. The van der Waals surface area contributed by atoms with Crippen molar-refractivity contribution >= 4 is 15.9 Å². The van der Waals surface area contributed by atoms with Gasteiger partial charge in [-0.2, -0.15) is 9.40 Å². The third-order valence-electron chi connectivity index (χ3n) is 6.04. The van der Waals surface area contributed by atoms with E-state index >= 15 is 0 Å². The molecule has 9 nitrogen and oxygen atoms in total. The number of carbonyl (C=O) groups is 1. The Morgan fingerprint density at radius 2 is 1.66 bits per heavy atom. The number of rotatable bonds is 8. The Morgan fingerprint density at radius 3 is 2.29 bits per heavy atom. The summed E-state index contributed by atoms with van der Waals surface area (Å²) >= 11 is 0. The molecule has 1 aliphatic rings. The van der Waals surface area contributed by atoms with E-state index in [-0.39, 0.29) is 10.8 Å². The standard InChI is InChI=1S/C25H30N4O5S/c1-18-24(35(31,32)28-12-14-34-15-13-28)19(2)29(27-18)17-21-4-8-22(9-5-21)25(30)26-16-20-6-10-23(33-3)11-7-20/h4-11H,12-17H2,1-3H3,(H,26,30). The van der Waals surface area contributed by atoms with Crippen LogP contribution in [0.25, 0.3) is 0 Å². The molecule has 0 saturated carbocycles. The van der Waals surface area contributed by atoms with E-state index in [4.69, 9.17) is 9.47 Å². The van der Waals surface area contributed by atoms with E-state index in [1.165, 1.54) is 4.31 Å². The van der Waals surface area contributed by atoms with Crippen molar-refractivity contribution in [1.29, 1.82) is 0 Å². The van der Waals surface area contributed by atoms with E-state index in [0.29, 0.717) is 56.3 Å². The van der Waals surface area contributed by atoms with Gasteiger partial charge in [-0.05, 0) is 49.2 Å². The van der Waals surface area contributed by atoms with E-state index in [2.05, 4.69) is 10.4 Å². The summed E-state index contributed by atoms with van der Waals surface area (Å²) in [6.45, 7) is 5.77. The number of methoxy groups -OCH3 is 1. The molecule has 10 heteroatoms. The lowest BCUT2D eigenvalue weighted by atomic mass is 10.1. The summed E-state index contributed by atoms with van der Waals surface area (Å²) in [6.07, 6.45) is 0. The van der Waals surface area contributed by atoms with Crippen LogP contribution in [0.5, 0.6) is 5.75 Å². The second-order valence-electron chi connectivity index (χ2n) is 8.40. The maximum absolute atomic E-state index is 13.2. The molecule has 0 bridgehead atoms. The highest BCUT2D eigenvalue weighted by molar-refractivity contribution is 7.89. The number of aromatic nitrogens is 2. The monoisotopic (exact) mass is 498 g/mol. The molecular weight excluding hydrogens is 468 g/mol. The first-order valence-corrected chi connectivity index (χ1v) is 12.9. The minimum Gasteiger partial charge on any atom is -0.497 e. The van der Waals surface area contributed by atoms with Gasteiger partial charge < -0.3 is 14.8 Å². The van der Waals surface area contributed by atoms with Crippen molar-refractivity contribution in [2.45, 2.75) is 31.8 Å². The Morgan fingerprint density at radius 1 is 1.03 bits per heavy atom. The van der Waals surface area contributed by atoms with Crippen molar-refractivity contribution < 1.29 is 22.7 Å². The molecule has 1 amide bonds. The predicted molar refractivity (Wildman–Crippen MR) is 131 cm³/mol. The zero-order valence-corrected chi connectivity index (χ0v) is 21.0. The van der Waals surface area contributed by atoms with Crippen molar-refractivity contribution in [3.8, 4) is 5.75 Å². The summed E-state index contributed by atoms with van der Waals surface area (Å²) in [7, 11) is -2.02. The lowest BCUT2D eigenvalue weighted by Crippen LogP contribution is -2.41. The highest BCUT2D eigenvalue weighted by atomic mass is 32.2. The fraction of sp³-hybridized carbons (Fsp3) is 0.360. The summed E-state index contributed by atoms with van der Waals surface area (Å²) in [5.41, 5.74) is 3.51. The smallest absolute Gasteiger partial charge is 0.251 e. The number of hydrogen-bond acceptors (Lipinski definition) is 6. The minimum absolute atomic E-state index is 0.169. The van der Waals surface area contributed by atoms with Crippen LogP contribution in [0.2, 0.25) is 0 Å². The van der Waals surface area contributed by atoms with Crippen molar-refractivity contribution in [2.24, 2.45) is 0 Å². The van der Waals surface area contributed by atoms with Crippen molar-refractivity contribution in [1.82, 2.24) is 19.4 Å². The number of benzene rings is 2. The van der Waals surface area contributed by atoms with Gasteiger partial charge in [0.2, 0.25) is 10.0 Å². The number of nitrogens with zero attached hydrogens (tertiary/aromatic N) is 3. The van der Waals surface area contributed by atoms with Gasteiger partial charge in [-0.3, -0.25) is 9.48 Å². The summed E-state index contributed by atoms with van der Waals surface area (Å²) < 4.78 is 39.9. The summed E-state index contributed by atoms with van der Waals surface area (Å²) in [6, 6.07) is 14.8. The third-order valence-corrected chi connectivity index (χ3v) is 8.20. The average molecular weight is 499 g/mol. The largest absolute Gasteiger partial charge is 0.497 e. The minimum atomic E-state index is -3.64. The highest BCUT2D eigenvalue weighted by Crippen LogP contribution is 2.25. The van der Waals surface area contributed by atoms with Crippen LogP contribution in [-0.2, 0) is 27.8 Å². The highest BCUT2D eigenvalue weighted by Gasteiger charge is 2.32. The van der Waals surface area contributed by atoms with Gasteiger partial charge in [0.1, 0.15) is 10.6 Å². The lowest BCUT2D eigenvalue weighted by Gasteiger charge is -2.26. The number of sulfonamides is 1. The Kier molecular flexibility index (Phi) is 7.54. The zero-order chi connectivity index (χ0) is 25.0. The van der Waals surface area contributed by atoms with Crippen molar-refractivity contribution in [2.75, 3.05) is 33.4 Å². The number of ether oxygens (including phenoxy) is 2. The lowest BCUT2D eigenvalue weighted by molar-refractivity contribution is 0.0730. The molecule has 1 aromatic heterocycles. The maximum atomic E-state index is 13.2. The van der Waals surface area contributed by atoms with Gasteiger partial charge in [0.15, 0.2) is 0 Å². The van der Waals surface area contributed by atoms with Gasteiger partial charge in [0.05, 0.1) is 38.3 Å². The molecule has 0 radical (unpaired) electrons. The number of carbonyl (C=O) groups excluding carboxylic acids is 1. The normalized spacial score (nSPS) is 14.6. The van der Waals surface area contributed by atoms with Crippen LogP contribution in [-0.4, -0.2) is 61.8 Å². The first-order valence-electron chi connectivity index (χ1n) is 11.4. The molecule has 0 atom stereocenters. The predicted octanol–water partition coefficient (Wildman–Crippen LogP) is 2.51. The molecule has 1 saturated heterocycles. The van der Waals surface area contributed by atoms with E-state index in [1.807, 2.05) is 36.4 Å². The summed E-state index contributed by atoms with van der Waals surface area (Å²) in [5.74, 6) is 0.599. The van der Waals surface area contributed by atoms with Crippen LogP contribution in [0.1, 0.15) is 32.9 Å².